The van der Waals surface area contributed by atoms with E-state index in [1.54, 1.807) is 0 Å². The molecule has 1 fully saturated rings. The van der Waals surface area contributed by atoms with Crippen LogP contribution in [0.5, 0.6) is 5.75 Å². The molecule has 1 saturated carbocycles. The maximum absolute atomic E-state index is 6.18. The molecule has 1 aromatic rings. The molecule has 0 radical (unpaired) electrons. The highest BCUT2D eigenvalue weighted by atomic mass is 16.5. The first-order valence-corrected chi connectivity index (χ1v) is 7.21. The molecule has 2 rings (SSSR count). The summed E-state index contributed by atoms with van der Waals surface area (Å²) in [7, 11) is 0. The molecule has 0 spiro atoms. The summed E-state index contributed by atoms with van der Waals surface area (Å²) < 4.78 is 6.18. The lowest BCUT2D eigenvalue weighted by Gasteiger charge is -2.28. The van der Waals surface area contributed by atoms with Crippen LogP contribution in [0.25, 0.3) is 0 Å². The molecule has 0 aliphatic heterocycles. The molecule has 100 valence electrons. The standard InChI is InChI=1S/C16H25NO/c1-3-15(17)14-6-4-5-7-16(14)18-13-10-8-12(2)9-11-13/h4-7,12-13,15H,3,8-11,17H2,1-2H3/t12?,13?,15-/m0/s1. The minimum Gasteiger partial charge on any atom is -0.490 e. The first-order chi connectivity index (χ1) is 8.70. The Kier molecular flexibility index (Phi) is 4.65. The van der Waals surface area contributed by atoms with Crippen LogP contribution in [0, 0.1) is 5.92 Å². The molecule has 0 unspecified atom stereocenters. The number of rotatable bonds is 4. The maximum Gasteiger partial charge on any atom is 0.124 e. The highest BCUT2D eigenvalue weighted by molar-refractivity contribution is 5.35. The molecule has 2 heteroatoms. The Morgan fingerprint density at radius 1 is 1.22 bits per heavy atom. The second-order valence-corrected chi connectivity index (χ2v) is 5.55. The van der Waals surface area contributed by atoms with E-state index in [1.165, 1.54) is 25.7 Å². The Bertz CT molecular complexity index is 369. The van der Waals surface area contributed by atoms with Crippen molar-refractivity contribution in [3.63, 3.8) is 0 Å². The Morgan fingerprint density at radius 2 is 1.89 bits per heavy atom. The quantitative estimate of drug-likeness (QED) is 0.871. The molecule has 1 aromatic carbocycles. The Labute approximate surface area is 111 Å². The third-order valence-corrected chi connectivity index (χ3v) is 4.01. The average molecular weight is 247 g/mol. The lowest BCUT2D eigenvalue weighted by Crippen LogP contribution is -2.24. The van der Waals surface area contributed by atoms with Crippen LogP contribution in [0.2, 0.25) is 0 Å². The van der Waals surface area contributed by atoms with Crippen LogP contribution in [0.15, 0.2) is 24.3 Å². The fourth-order valence-electron chi connectivity index (χ4n) is 2.64. The van der Waals surface area contributed by atoms with Gasteiger partial charge in [-0.25, -0.2) is 0 Å². The van der Waals surface area contributed by atoms with E-state index < -0.39 is 0 Å². The largest absolute Gasteiger partial charge is 0.490 e. The molecule has 0 amide bonds. The third-order valence-electron chi connectivity index (χ3n) is 4.01. The van der Waals surface area contributed by atoms with Gasteiger partial charge in [0.1, 0.15) is 5.75 Å². The number of hydrogen-bond acceptors (Lipinski definition) is 2. The zero-order valence-electron chi connectivity index (χ0n) is 11.6. The van der Waals surface area contributed by atoms with E-state index >= 15 is 0 Å². The Morgan fingerprint density at radius 3 is 2.56 bits per heavy atom. The van der Waals surface area contributed by atoms with Gasteiger partial charge < -0.3 is 10.5 Å². The summed E-state index contributed by atoms with van der Waals surface area (Å²) in [5.41, 5.74) is 7.29. The van der Waals surface area contributed by atoms with E-state index in [0.29, 0.717) is 6.10 Å². The summed E-state index contributed by atoms with van der Waals surface area (Å²) >= 11 is 0. The molecule has 0 saturated heterocycles. The van der Waals surface area contributed by atoms with E-state index in [0.717, 1.165) is 23.7 Å². The number of nitrogens with two attached hydrogens (primary N) is 1. The SMILES string of the molecule is CC[C@H](N)c1ccccc1OC1CCC(C)CC1. The predicted octanol–water partition coefficient (Wildman–Crippen LogP) is 4.05. The molecule has 0 heterocycles. The van der Waals surface area contributed by atoms with E-state index in [1.807, 2.05) is 12.1 Å². The zero-order chi connectivity index (χ0) is 13.0. The smallest absolute Gasteiger partial charge is 0.124 e. The van der Waals surface area contributed by atoms with Crippen molar-refractivity contribution in [3.8, 4) is 5.75 Å². The van der Waals surface area contributed by atoms with Crippen LogP contribution in [-0.2, 0) is 0 Å². The van der Waals surface area contributed by atoms with Crippen molar-refractivity contribution in [2.75, 3.05) is 0 Å². The van der Waals surface area contributed by atoms with Crippen molar-refractivity contribution < 1.29 is 4.74 Å². The van der Waals surface area contributed by atoms with Gasteiger partial charge in [-0.15, -0.1) is 0 Å². The van der Waals surface area contributed by atoms with E-state index in [-0.39, 0.29) is 6.04 Å². The second kappa shape index (κ2) is 6.24. The van der Waals surface area contributed by atoms with E-state index in [9.17, 15) is 0 Å². The van der Waals surface area contributed by atoms with Gasteiger partial charge in [-0.2, -0.15) is 0 Å². The summed E-state index contributed by atoms with van der Waals surface area (Å²) in [6.07, 6.45) is 6.25. The fourth-order valence-corrected chi connectivity index (χ4v) is 2.64. The topological polar surface area (TPSA) is 35.2 Å². The van der Waals surface area contributed by atoms with Gasteiger partial charge in [0.15, 0.2) is 0 Å². The van der Waals surface area contributed by atoms with Crippen LogP contribution < -0.4 is 10.5 Å². The summed E-state index contributed by atoms with van der Waals surface area (Å²) in [6, 6.07) is 8.31. The van der Waals surface area contributed by atoms with Crippen LogP contribution in [0.4, 0.5) is 0 Å². The molecule has 18 heavy (non-hydrogen) atoms. The number of para-hydroxylation sites is 1. The van der Waals surface area contributed by atoms with Crippen molar-refractivity contribution in [2.24, 2.45) is 11.7 Å². The highest BCUT2D eigenvalue weighted by Crippen LogP contribution is 2.31. The lowest BCUT2D eigenvalue weighted by atomic mass is 9.89. The maximum atomic E-state index is 6.18. The van der Waals surface area contributed by atoms with Crippen molar-refractivity contribution in [3.05, 3.63) is 29.8 Å². The molecule has 2 nitrogen and oxygen atoms in total. The predicted molar refractivity (Wildman–Crippen MR) is 75.7 cm³/mol. The van der Waals surface area contributed by atoms with Crippen LogP contribution in [0.3, 0.4) is 0 Å². The zero-order valence-corrected chi connectivity index (χ0v) is 11.6. The van der Waals surface area contributed by atoms with Gasteiger partial charge in [0.05, 0.1) is 6.10 Å². The van der Waals surface area contributed by atoms with Gasteiger partial charge in [0.2, 0.25) is 0 Å². The minimum absolute atomic E-state index is 0.0868. The molecule has 2 N–H and O–H groups in total. The highest BCUT2D eigenvalue weighted by Gasteiger charge is 2.21. The first kappa shape index (κ1) is 13.4. The molecule has 0 bridgehead atoms. The van der Waals surface area contributed by atoms with Crippen molar-refractivity contribution in [1.82, 2.24) is 0 Å². The second-order valence-electron chi connectivity index (χ2n) is 5.55. The van der Waals surface area contributed by atoms with Gasteiger partial charge in [-0.3, -0.25) is 0 Å². The van der Waals surface area contributed by atoms with Gasteiger partial charge in [0.25, 0.3) is 0 Å². The van der Waals surface area contributed by atoms with E-state index in [2.05, 4.69) is 26.0 Å². The third kappa shape index (κ3) is 3.26. The summed E-state index contributed by atoms with van der Waals surface area (Å²) in [5.74, 6) is 1.85. The molecule has 1 aliphatic rings. The van der Waals surface area contributed by atoms with Crippen LogP contribution in [-0.4, -0.2) is 6.10 Å². The summed E-state index contributed by atoms with van der Waals surface area (Å²) in [5, 5.41) is 0. The number of benzene rings is 1. The van der Waals surface area contributed by atoms with E-state index in [4.69, 9.17) is 10.5 Å². The van der Waals surface area contributed by atoms with Crippen molar-refractivity contribution in [1.29, 1.82) is 0 Å². The Hall–Kier alpha value is -1.02. The number of ether oxygens (including phenoxy) is 1. The number of hydrogen-bond donors (Lipinski definition) is 1. The molecule has 1 atom stereocenters. The van der Waals surface area contributed by atoms with Gasteiger partial charge >= 0.3 is 0 Å². The lowest BCUT2D eigenvalue weighted by molar-refractivity contribution is 0.134. The first-order valence-electron chi connectivity index (χ1n) is 7.21. The molecular formula is C16H25NO. The minimum atomic E-state index is 0.0868. The normalized spacial score (nSPS) is 25.7. The molecule has 0 aromatic heterocycles. The monoisotopic (exact) mass is 247 g/mol. The fraction of sp³-hybridized carbons (Fsp3) is 0.625. The summed E-state index contributed by atoms with van der Waals surface area (Å²) in [4.78, 5) is 0. The van der Waals surface area contributed by atoms with Crippen molar-refractivity contribution >= 4 is 0 Å². The van der Waals surface area contributed by atoms with Crippen molar-refractivity contribution in [2.45, 2.75) is 58.1 Å². The Balaban J connectivity index is 2.04. The van der Waals surface area contributed by atoms with Gasteiger partial charge in [-0.1, -0.05) is 32.0 Å². The van der Waals surface area contributed by atoms with Gasteiger partial charge in [-0.05, 0) is 44.1 Å². The summed E-state index contributed by atoms with van der Waals surface area (Å²) in [6.45, 7) is 4.45. The molecule has 1 aliphatic carbocycles. The van der Waals surface area contributed by atoms with Gasteiger partial charge in [0, 0.05) is 11.6 Å². The molecular weight excluding hydrogens is 222 g/mol. The van der Waals surface area contributed by atoms with Crippen LogP contribution >= 0.6 is 0 Å². The average Bonchev–Trinajstić information content (AvgIpc) is 2.41. The van der Waals surface area contributed by atoms with Crippen LogP contribution in [0.1, 0.15) is 57.6 Å².